The lowest BCUT2D eigenvalue weighted by atomic mass is 10.1. The third-order valence-corrected chi connectivity index (χ3v) is 6.46. The topological polar surface area (TPSA) is 50.2 Å². The van der Waals surface area contributed by atoms with Crippen molar-refractivity contribution >= 4 is 39.1 Å². The summed E-state index contributed by atoms with van der Waals surface area (Å²) in [4.78, 5) is 16.7. The van der Waals surface area contributed by atoms with Crippen LogP contribution < -0.4 is 5.32 Å². The molecule has 0 aliphatic rings. The van der Waals surface area contributed by atoms with Gasteiger partial charge in [0.2, 0.25) is 0 Å². The summed E-state index contributed by atoms with van der Waals surface area (Å²) in [6, 6.07) is 19.8. The zero-order chi connectivity index (χ0) is 21.3. The molecule has 154 valence electrons. The van der Waals surface area contributed by atoms with Crippen molar-refractivity contribution in [1.29, 1.82) is 0 Å². The summed E-state index contributed by atoms with van der Waals surface area (Å²) >= 11 is 7.46. The molecule has 0 saturated heterocycles. The summed E-state index contributed by atoms with van der Waals surface area (Å²) in [5.41, 5.74) is 2.99. The quantitative estimate of drug-likeness (QED) is 0.456. The highest BCUT2D eigenvalue weighted by molar-refractivity contribution is 7.20. The Kier molecular flexibility index (Phi) is 5.90. The van der Waals surface area contributed by atoms with Crippen LogP contribution in [-0.2, 0) is 0 Å². The predicted molar refractivity (Wildman–Crippen MR) is 124 cm³/mol. The maximum absolute atomic E-state index is 12.9. The number of rotatable bonds is 6. The number of hydrogen-bond donors (Lipinski definition) is 1. The number of thiophene rings is 1. The Balaban J connectivity index is 1.56. The molecule has 0 radical (unpaired) electrons. The summed E-state index contributed by atoms with van der Waals surface area (Å²) < 4.78 is 1.87. The van der Waals surface area contributed by atoms with Gasteiger partial charge >= 0.3 is 0 Å². The van der Waals surface area contributed by atoms with E-state index in [1.807, 2.05) is 74.2 Å². The fourth-order valence-corrected chi connectivity index (χ4v) is 4.69. The molecule has 0 aliphatic carbocycles. The Hall–Kier alpha value is -2.67. The molecule has 0 bridgehead atoms. The first-order chi connectivity index (χ1) is 14.4. The highest BCUT2D eigenvalue weighted by Gasteiger charge is 2.19. The van der Waals surface area contributed by atoms with Crippen molar-refractivity contribution in [1.82, 2.24) is 20.0 Å². The third kappa shape index (κ3) is 4.12. The number of amides is 1. The van der Waals surface area contributed by atoms with Crippen LogP contribution in [-0.4, -0.2) is 41.2 Å². The molecule has 1 N–H and O–H groups in total. The zero-order valence-corrected chi connectivity index (χ0v) is 18.7. The smallest absolute Gasteiger partial charge is 0.261 e. The first kappa shape index (κ1) is 20.6. The number of nitrogens with one attached hydrogen (secondary N) is 1. The number of aryl methyl sites for hydroxylation is 1. The lowest BCUT2D eigenvalue weighted by Gasteiger charge is -2.25. The Morgan fingerprint density at radius 2 is 1.87 bits per heavy atom. The number of fused-ring (bicyclic) bond motifs is 1. The maximum atomic E-state index is 12.9. The SMILES string of the molecule is Cc1nn(-c2ccc(Cl)cc2)c2sc(C(=O)NCC(c3ccccc3)N(C)C)cc12. The number of aromatic nitrogens is 2. The number of likely N-dealkylation sites (N-methyl/N-ethyl adjacent to an activating group) is 1. The second-order valence-electron chi connectivity index (χ2n) is 7.40. The van der Waals surface area contributed by atoms with Gasteiger partial charge in [0.15, 0.2) is 0 Å². The Morgan fingerprint density at radius 1 is 1.17 bits per heavy atom. The first-order valence-corrected chi connectivity index (χ1v) is 10.9. The fourth-order valence-electron chi connectivity index (χ4n) is 3.47. The van der Waals surface area contributed by atoms with Crippen molar-refractivity contribution in [2.24, 2.45) is 0 Å². The van der Waals surface area contributed by atoms with E-state index in [1.165, 1.54) is 16.9 Å². The molecule has 2 aromatic heterocycles. The Bertz CT molecular complexity index is 1170. The van der Waals surface area contributed by atoms with E-state index in [9.17, 15) is 4.79 Å². The summed E-state index contributed by atoms with van der Waals surface area (Å²) in [5, 5.41) is 9.40. The molecule has 7 heteroatoms. The van der Waals surface area contributed by atoms with Crippen molar-refractivity contribution in [2.45, 2.75) is 13.0 Å². The number of halogens is 1. The normalized spacial score (nSPS) is 12.4. The van der Waals surface area contributed by atoms with Crippen LogP contribution in [0.4, 0.5) is 0 Å². The van der Waals surface area contributed by atoms with Crippen LogP contribution >= 0.6 is 22.9 Å². The van der Waals surface area contributed by atoms with Gasteiger partial charge in [-0.2, -0.15) is 5.10 Å². The summed E-state index contributed by atoms with van der Waals surface area (Å²) in [6.07, 6.45) is 0. The van der Waals surface area contributed by atoms with E-state index in [4.69, 9.17) is 11.6 Å². The van der Waals surface area contributed by atoms with Crippen LogP contribution in [0.25, 0.3) is 15.9 Å². The molecule has 4 rings (SSSR count). The summed E-state index contributed by atoms with van der Waals surface area (Å²) in [6.45, 7) is 2.49. The van der Waals surface area contributed by atoms with Crippen LogP contribution in [0.15, 0.2) is 60.7 Å². The molecule has 0 aliphatic heterocycles. The number of carbonyl (C=O) groups is 1. The van der Waals surface area contributed by atoms with Gasteiger partial charge < -0.3 is 10.2 Å². The van der Waals surface area contributed by atoms with Crippen molar-refractivity contribution in [3.05, 3.63) is 81.8 Å². The van der Waals surface area contributed by atoms with E-state index < -0.39 is 0 Å². The van der Waals surface area contributed by atoms with Crippen LogP contribution in [0.5, 0.6) is 0 Å². The zero-order valence-electron chi connectivity index (χ0n) is 17.1. The molecule has 1 unspecified atom stereocenters. The first-order valence-electron chi connectivity index (χ1n) is 9.68. The van der Waals surface area contributed by atoms with E-state index in [2.05, 4.69) is 27.4 Å². The largest absolute Gasteiger partial charge is 0.349 e. The van der Waals surface area contributed by atoms with Gasteiger partial charge in [-0.1, -0.05) is 41.9 Å². The number of hydrogen-bond acceptors (Lipinski definition) is 4. The van der Waals surface area contributed by atoms with Gasteiger partial charge in [0, 0.05) is 17.0 Å². The highest BCUT2D eigenvalue weighted by Crippen LogP contribution is 2.31. The van der Waals surface area contributed by atoms with Gasteiger partial charge in [0.05, 0.1) is 22.3 Å². The van der Waals surface area contributed by atoms with E-state index >= 15 is 0 Å². The van der Waals surface area contributed by atoms with Crippen molar-refractivity contribution in [3.8, 4) is 5.69 Å². The van der Waals surface area contributed by atoms with Gasteiger partial charge in [-0.3, -0.25) is 4.79 Å². The van der Waals surface area contributed by atoms with Gasteiger partial charge in [-0.15, -0.1) is 11.3 Å². The third-order valence-electron chi connectivity index (χ3n) is 5.10. The molecule has 0 fully saturated rings. The van der Waals surface area contributed by atoms with Gasteiger partial charge in [-0.25, -0.2) is 4.68 Å². The molecular formula is C23H23ClN4OS. The minimum Gasteiger partial charge on any atom is -0.349 e. The van der Waals surface area contributed by atoms with Crippen LogP contribution in [0.1, 0.15) is 27.0 Å². The molecule has 0 spiro atoms. The number of benzene rings is 2. The lowest BCUT2D eigenvalue weighted by molar-refractivity contribution is 0.0946. The lowest BCUT2D eigenvalue weighted by Crippen LogP contribution is -2.34. The van der Waals surface area contributed by atoms with Crippen LogP contribution in [0.2, 0.25) is 5.02 Å². The summed E-state index contributed by atoms with van der Waals surface area (Å²) in [5.74, 6) is -0.0685. The number of nitrogens with zero attached hydrogens (tertiary/aromatic N) is 3. The minimum absolute atomic E-state index is 0.0685. The predicted octanol–water partition coefficient (Wildman–Crippen LogP) is 5.08. The van der Waals surface area contributed by atoms with Gasteiger partial charge in [0.25, 0.3) is 5.91 Å². The molecular weight excluding hydrogens is 416 g/mol. The second kappa shape index (κ2) is 8.60. The van der Waals surface area contributed by atoms with Crippen LogP contribution in [0.3, 0.4) is 0 Å². The molecule has 2 heterocycles. The van der Waals surface area contributed by atoms with E-state index in [0.717, 1.165) is 21.6 Å². The molecule has 1 amide bonds. The molecule has 30 heavy (non-hydrogen) atoms. The highest BCUT2D eigenvalue weighted by atomic mass is 35.5. The van der Waals surface area contributed by atoms with Crippen molar-refractivity contribution in [3.63, 3.8) is 0 Å². The second-order valence-corrected chi connectivity index (χ2v) is 8.87. The van der Waals surface area contributed by atoms with Crippen LogP contribution in [0, 0.1) is 6.92 Å². The standard InChI is InChI=1S/C23H23ClN4OS/c1-15-19-13-21(30-23(19)28(26-15)18-11-9-17(24)10-12-18)22(29)25-14-20(27(2)3)16-7-5-4-6-8-16/h4-13,20H,14H2,1-3H3,(H,25,29). The van der Waals surface area contributed by atoms with Crippen molar-refractivity contribution < 1.29 is 4.79 Å². The maximum Gasteiger partial charge on any atom is 0.261 e. The molecule has 0 saturated carbocycles. The van der Waals surface area contributed by atoms with Crippen molar-refractivity contribution in [2.75, 3.05) is 20.6 Å². The molecule has 4 aromatic rings. The fraction of sp³-hybridized carbons (Fsp3) is 0.217. The molecule has 2 aromatic carbocycles. The minimum atomic E-state index is -0.0685. The van der Waals surface area contributed by atoms with E-state index in [1.54, 1.807) is 0 Å². The van der Waals surface area contributed by atoms with Gasteiger partial charge in [-0.05, 0) is 56.9 Å². The molecule has 1 atom stereocenters. The monoisotopic (exact) mass is 438 g/mol. The Labute approximate surface area is 184 Å². The average Bonchev–Trinajstić information content (AvgIpc) is 3.30. The number of carbonyl (C=O) groups excluding carboxylic acids is 1. The average molecular weight is 439 g/mol. The van der Waals surface area contributed by atoms with E-state index in [-0.39, 0.29) is 11.9 Å². The summed E-state index contributed by atoms with van der Waals surface area (Å²) in [7, 11) is 4.04. The Morgan fingerprint density at radius 3 is 2.53 bits per heavy atom. The molecule has 5 nitrogen and oxygen atoms in total. The van der Waals surface area contributed by atoms with Gasteiger partial charge in [0.1, 0.15) is 4.83 Å². The van der Waals surface area contributed by atoms with E-state index in [0.29, 0.717) is 16.4 Å².